The van der Waals surface area contributed by atoms with Crippen molar-refractivity contribution in [1.29, 1.82) is 0 Å². The Balaban J connectivity index is 2.05. The van der Waals surface area contributed by atoms with E-state index in [2.05, 4.69) is 52.8 Å². The molecule has 2 aliphatic rings. The summed E-state index contributed by atoms with van der Waals surface area (Å²) in [6.45, 7) is 11.2. The van der Waals surface area contributed by atoms with Gasteiger partial charge >= 0.3 is 0 Å². The highest BCUT2D eigenvalue weighted by Crippen LogP contribution is 2.57. The molecule has 3 rings (SSSR count). The molecule has 0 radical (unpaired) electrons. The van der Waals surface area contributed by atoms with E-state index in [0.717, 1.165) is 19.3 Å². The molecule has 0 bridgehead atoms. The van der Waals surface area contributed by atoms with E-state index in [1.807, 2.05) is 0 Å². The summed E-state index contributed by atoms with van der Waals surface area (Å²) >= 11 is 0. The zero-order chi connectivity index (χ0) is 17.0. The molecule has 1 N–H and O–H groups in total. The largest absolute Gasteiger partial charge is 0.393 e. The van der Waals surface area contributed by atoms with Gasteiger partial charge in [0.2, 0.25) is 0 Å². The number of rotatable bonds is 2. The van der Waals surface area contributed by atoms with Crippen LogP contribution >= 0.6 is 0 Å². The standard InChI is InChI=1S/C21H32O2/c1-19(2)17-10-7-14-13-15(20(3,4)23-6)8-9-16(14)21(17,5)12-11-18(19)22/h8-9,13,17-18,22H,7,10-12H2,1-6H3. The lowest BCUT2D eigenvalue weighted by Crippen LogP contribution is -2.53. The monoisotopic (exact) mass is 316 g/mol. The van der Waals surface area contributed by atoms with Crippen LogP contribution in [0.5, 0.6) is 0 Å². The van der Waals surface area contributed by atoms with Gasteiger partial charge in [0.05, 0.1) is 11.7 Å². The van der Waals surface area contributed by atoms with Gasteiger partial charge in [-0.1, -0.05) is 39.0 Å². The molecule has 0 heterocycles. The Labute approximate surface area is 141 Å². The topological polar surface area (TPSA) is 29.5 Å². The van der Waals surface area contributed by atoms with Gasteiger partial charge in [-0.05, 0) is 73.0 Å². The molecule has 2 aliphatic carbocycles. The fraction of sp³-hybridized carbons (Fsp3) is 0.714. The first-order valence-electron chi connectivity index (χ1n) is 9.00. The van der Waals surface area contributed by atoms with E-state index in [-0.39, 0.29) is 22.5 Å². The Morgan fingerprint density at radius 2 is 1.87 bits per heavy atom. The molecule has 1 aromatic rings. The summed E-state index contributed by atoms with van der Waals surface area (Å²) in [6, 6.07) is 6.94. The SMILES string of the molecule is COC(C)(C)c1ccc2c(c1)CCC1C2(C)CCC(O)C1(C)C. The molecule has 1 aromatic carbocycles. The summed E-state index contributed by atoms with van der Waals surface area (Å²) in [5.41, 5.74) is 4.19. The van der Waals surface area contributed by atoms with Crippen LogP contribution in [-0.2, 0) is 22.2 Å². The average molecular weight is 316 g/mol. The number of fused-ring (bicyclic) bond motifs is 3. The van der Waals surface area contributed by atoms with Gasteiger partial charge < -0.3 is 9.84 Å². The molecular weight excluding hydrogens is 284 g/mol. The third-order valence-corrected chi connectivity index (χ3v) is 7.09. The van der Waals surface area contributed by atoms with E-state index in [9.17, 15) is 5.11 Å². The summed E-state index contributed by atoms with van der Waals surface area (Å²) < 4.78 is 5.66. The predicted molar refractivity (Wildman–Crippen MR) is 94.7 cm³/mol. The Bertz CT molecular complexity index is 602. The number of aliphatic hydroxyl groups excluding tert-OH is 1. The molecule has 128 valence electrons. The van der Waals surface area contributed by atoms with Crippen LogP contribution in [-0.4, -0.2) is 18.3 Å². The highest BCUT2D eigenvalue weighted by Gasteiger charge is 2.53. The van der Waals surface area contributed by atoms with E-state index in [1.54, 1.807) is 7.11 Å². The van der Waals surface area contributed by atoms with Crippen LogP contribution in [0.25, 0.3) is 0 Å². The maximum Gasteiger partial charge on any atom is 0.0871 e. The van der Waals surface area contributed by atoms with Crippen LogP contribution in [0.1, 0.15) is 70.6 Å². The molecule has 2 nitrogen and oxygen atoms in total. The number of aryl methyl sites for hydroxylation is 1. The van der Waals surface area contributed by atoms with Gasteiger partial charge in [-0.15, -0.1) is 0 Å². The second-order valence-corrected chi connectivity index (χ2v) is 8.97. The third kappa shape index (κ3) is 2.46. The van der Waals surface area contributed by atoms with Crippen LogP contribution in [0.2, 0.25) is 0 Å². The fourth-order valence-electron chi connectivity index (χ4n) is 5.20. The van der Waals surface area contributed by atoms with Crippen LogP contribution in [0.4, 0.5) is 0 Å². The molecular formula is C21H32O2. The summed E-state index contributed by atoms with van der Waals surface area (Å²) in [6.07, 6.45) is 4.10. The maximum atomic E-state index is 10.5. The quantitative estimate of drug-likeness (QED) is 0.866. The van der Waals surface area contributed by atoms with Crippen molar-refractivity contribution in [1.82, 2.24) is 0 Å². The van der Waals surface area contributed by atoms with E-state index in [1.165, 1.54) is 23.1 Å². The zero-order valence-electron chi connectivity index (χ0n) is 15.6. The molecule has 1 fully saturated rings. The second kappa shape index (κ2) is 5.32. The number of hydrogen-bond acceptors (Lipinski definition) is 2. The number of benzene rings is 1. The van der Waals surface area contributed by atoms with E-state index in [0.29, 0.717) is 5.92 Å². The van der Waals surface area contributed by atoms with Gasteiger partial charge in [0.25, 0.3) is 0 Å². The Morgan fingerprint density at radius 1 is 1.17 bits per heavy atom. The van der Waals surface area contributed by atoms with Crippen molar-refractivity contribution < 1.29 is 9.84 Å². The molecule has 2 heteroatoms. The Kier molecular flexibility index (Phi) is 3.93. The smallest absolute Gasteiger partial charge is 0.0871 e. The molecule has 0 spiro atoms. The summed E-state index contributed by atoms with van der Waals surface area (Å²) in [5.74, 6) is 0.549. The highest BCUT2D eigenvalue weighted by molar-refractivity contribution is 5.42. The first-order valence-corrected chi connectivity index (χ1v) is 9.00. The lowest BCUT2D eigenvalue weighted by Gasteiger charge is -2.56. The van der Waals surface area contributed by atoms with Gasteiger partial charge in [0.15, 0.2) is 0 Å². The molecule has 1 saturated carbocycles. The minimum Gasteiger partial charge on any atom is -0.393 e. The minimum atomic E-state index is -0.241. The highest BCUT2D eigenvalue weighted by atomic mass is 16.5. The Hall–Kier alpha value is -0.860. The van der Waals surface area contributed by atoms with Gasteiger partial charge in [-0.2, -0.15) is 0 Å². The summed E-state index contributed by atoms with van der Waals surface area (Å²) in [4.78, 5) is 0. The number of aliphatic hydroxyl groups is 1. The van der Waals surface area contributed by atoms with Gasteiger partial charge in [-0.3, -0.25) is 0 Å². The molecule has 0 amide bonds. The normalized spacial score (nSPS) is 33.0. The van der Waals surface area contributed by atoms with E-state index in [4.69, 9.17) is 4.74 Å². The van der Waals surface area contributed by atoms with Gasteiger partial charge in [0, 0.05) is 7.11 Å². The molecule has 3 atom stereocenters. The van der Waals surface area contributed by atoms with Crippen LogP contribution in [0, 0.1) is 11.3 Å². The van der Waals surface area contributed by atoms with Crippen molar-refractivity contribution >= 4 is 0 Å². The maximum absolute atomic E-state index is 10.5. The predicted octanol–water partition coefficient (Wildman–Crippen LogP) is 4.57. The third-order valence-electron chi connectivity index (χ3n) is 7.09. The van der Waals surface area contributed by atoms with Gasteiger partial charge in [-0.25, -0.2) is 0 Å². The number of hydrogen-bond donors (Lipinski definition) is 1. The molecule has 0 aliphatic heterocycles. The average Bonchev–Trinajstić information content (AvgIpc) is 2.51. The van der Waals surface area contributed by atoms with Crippen molar-refractivity contribution in [2.75, 3.05) is 7.11 Å². The molecule has 3 unspecified atom stereocenters. The summed E-state index contributed by atoms with van der Waals surface area (Å²) in [7, 11) is 1.78. The van der Waals surface area contributed by atoms with Crippen molar-refractivity contribution in [3.05, 3.63) is 34.9 Å². The number of methoxy groups -OCH3 is 1. The van der Waals surface area contributed by atoms with Crippen molar-refractivity contribution in [2.24, 2.45) is 11.3 Å². The van der Waals surface area contributed by atoms with E-state index >= 15 is 0 Å². The summed E-state index contributed by atoms with van der Waals surface area (Å²) in [5, 5.41) is 10.5. The zero-order valence-corrected chi connectivity index (χ0v) is 15.6. The second-order valence-electron chi connectivity index (χ2n) is 8.97. The van der Waals surface area contributed by atoms with E-state index < -0.39 is 0 Å². The first kappa shape index (κ1) is 17.0. The molecule has 0 aromatic heterocycles. The van der Waals surface area contributed by atoms with Crippen LogP contribution in [0.3, 0.4) is 0 Å². The van der Waals surface area contributed by atoms with Crippen molar-refractivity contribution in [3.8, 4) is 0 Å². The fourth-order valence-corrected chi connectivity index (χ4v) is 5.20. The lowest BCUT2D eigenvalue weighted by atomic mass is 9.49. The lowest BCUT2D eigenvalue weighted by molar-refractivity contribution is -0.0731. The molecule has 0 saturated heterocycles. The Morgan fingerprint density at radius 3 is 2.52 bits per heavy atom. The molecule has 23 heavy (non-hydrogen) atoms. The number of ether oxygens (including phenoxy) is 1. The first-order chi connectivity index (χ1) is 10.6. The van der Waals surface area contributed by atoms with Crippen LogP contribution < -0.4 is 0 Å². The van der Waals surface area contributed by atoms with Crippen molar-refractivity contribution in [2.45, 2.75) is 77.4 Å². The van der Waals surface area contributed by atoms with Crippen LogP contribution in [0.15, 0.2) is 18.2 Å². The van der Waals surface area contributed by atoms with Gasteiger partial charge in [0.1, 0.15) is 0 Å². The van der Waals surface area contributed by atoms with Crippen molar-refractivity contribution in [3.63, 3.8) is 0 Å². The minimum absolute atomic E-state index is 0.00480.